The van der Waals surface area contributed by atoms with Crippen LogP contribution in [0.4, 0.5) is 17.1 Å². The van der Waals surface area contributed by atoms with Crippen LogP contribution in [-0.2, 0) is 21.7 Å². The predicted molar refractivity (Wildman–Crippen MR) is 305 cm³/mol. The first-order valence-electron chi connectivity index (χ1n) is 25.9. The SMILES string of the molecule is CC(C)(C)c1ccc(B2c3cccc4c3N3c5c2ccc2c5B5c6c(ccc(c63)B4c3ccc(C(C)(C)C)cc3)-n3c4ccc(C(C)(C)C)cc4c4cc6c7cc(C(C)(C)C)ccc7n-2c6c5c43)cc1. The largest absolute Gasteiger partial charge is 0.313 e. The molecular weight excluding hydrogens is 843 g/mol. The van der Waals surface area contributed by atoms with Crippen molar-refractivity contribution in [2.75, 3.05) is 4.90 Å². The number of benzene rings is 8. The molecule has 3 nitrogen and oxygen atoms in total. The molecule has 0 radical (unpaired) electrons. The Hall–Kier alpha value is -6.65. The lowest BCUT2D eigenvalue weighted by Gasteiger charge is -2.51. The molecule has 15 rings (SSSR count). The minimum Gasteiger partial charge on any atom is -0.313 e. The van der Waals surface area contributed by atoms with Gasteiger partial charge in [0, 0.05) is 50.0 Å². The van der Waals surface area contributed by atoms with Crippen LogP contribution in [-0.4, -0.2) is 29.3 Å². The van der Waals surface area contributed by atoms with E-state index < -0.39 is 0 Å². The summed E-state index contributed by atoms with van der Waals surface area (Å²) in [7, 11) is 0. The Labute approximate surface area is 413 Å². The number of aromatic nitrogens is 2. The third-order valence-corrected chi connectivity index (χ3v) is 17.6. The van der Waals surface area contributed by atoms with Crippen LogP contribution in [0.3, 0.4) is 0 Å². The maximum absolute atomic E-state index is 2.80. The number of fused-ring (bicyclic) bond motifs is 8. The van der Waals surface area contributed by atoms with Crippen LogP contribution in [0, 0.1) is 0 Å². The number of rotatable bonds is 2. The van der Waals surface area contributed by atoms with Crippen LogP contribution in [0.1, 0.15) is 105 Å². The average Bonchev–Trinajstić information content (AvgIpc) is 3.83. The maximum atomic E-state index is 2.80. The standard InChI is InChI=1S/C64H58B3N3/c1-61(2,3)35-16-22-39(23-17-35)65-45-14-13-15-46-58(45)70-59-47(65)26-30-51-53(59)67-54-52(31-27-48(60(54)70)66(46)40-24-18-36(19-25-40)62(4,5)6)69-50-29-21-38(64(10,11)12)33-42(50)44-34-43-41-32-37(63(7,8)9)20-28-49(41)68(51)56(43)55(67)57(44)69/h13-34H,1-12H3. The Kier molecular flexibility index (Phi) is 7.53. The fourth-order valence-electron chi connectivity index (χ4n) is 14.0. The van der Waals surface area contributed by atoms with Gasteiger partial charge in [-0.3, -0.25) is 0 Å². The number of anilines is 3. The summed E-state index contributed by atoms with van der Waals surface area (Å²) < 4.78 is 5.39. The molecule has 8 aromatic carbocycles. The lowest BCUT2D eigenvalue weighted by molar-refractivity contribution is 0.590. The van der Waals surface area contributed by atoms with Gasteiger partial charge in [0.05, 0.1) is 22.1 Å². The van der Waals surface area contributed by atoms with E-state index in [-0.39, 0.29) is 41.8 Å². The molecule has 7 heterocycles. The summed E-state index contributed by atoms with van der Waals surface area (Å²) in [5.74, 6) is 0. The molecule has 2 aromatic heterocycles. The molecule has 10 aromatic rings. The van der Waals surface area contributed by atoms with E-state index in [9.17, 15) is 0 Å². The molecule has 0 saturated carbocycles. The average molecular weight is 902 g/mol. The second-order valence-corrected chi connectivity index (χ2v) is 25.8. The van der Waals surface area contributed by atoms with Crippen molar-refractivity contribution < 1.29 is 0 Å². The fraction of sp³-hybridized carbons (Fsp3) is 0.250. The van der Waals surface area contributed by atoms with Crippen molar-refractivity contribution in [1.29, 1.82) is 0 Å². The second-order valence-electron chi connectivity index (χ2n) is 25.8. The number of hydrogen-bond acceptors (Lipinski definition) is 1. The van der Waals surface area contributed by atoms with E-state index in [2.05, 4.69) is 231 Å². The Morgan fingerprint density at radius 2 is 0.714 bits per heavy atom. The summed E-state index contributed by atoms with van der Waals surface area (Å²) in [6.45, 7) is 28.3. The number of hydrogen-bond donors (Lipinski definition) is 0. The molecule has 0 N–H and O–H groups in total. The van der Waals surface area contributed by atoms with Gasteiger partial charge >= 0.3 is 0 Å². The van der Waals surface area contributed by atoms with Gasteiger partial charge in [-0.15, -0.1) is 0 Å². The zero-order valence-corrected chi connectivity index (χ0v) is 42.8. The summed E-state index contributed by atoms with van der Waals surface area (Å²) in [6.07, 6.45) is 0. The molecule has 6 heteroatoms. The van der Waals surface area contributed by atoms with E-state index in [1.165, 1.54) is 143 Å². The van der Waals surface area contributed by atoms with E-state index in [1.807, 2.05) is 0 Å². The highest BCUT2D eigenvalue weighted by Gasteiger charge is 2.54. The first-order valence-corrected chi connectivity index (χ1v) is 25.9. The highest BCUT2D eigenvalue weighted by Crippen LogP contribution is 2.48. The summed E-state index contributed by atoms with van der Waals surface area (Å²) >= 11 is 0. The number of para-hydroxylation sites is 1. The summed E-state index contributed by atoms with van der Waals surface area (Å²) in [5, 5.41) is 5.43. The van der Waals surface area contributed by atoms with Crippen LogP contribution < -0.4 is 54.1 Å². The minimum absolute atomic E-state index is 0.00995. The van der Waals surface area contributed by atoms with Crippen LogP contribution in [0.5, 0.6) is 0 Å². The van der Waals surface area contributed by atoms with Gasteiger partial charge in [0.25, 0.3) is 6.71 Å². The van der Waals surface area contributed by atoms with Gasteiger partial charge in [-0.2, -0.15) is 0 Å². The van der Waals surface area contributed by atoms with Crippen molar-refractivity contribution in [3.05, 3.63) is 156 Å². The second kappa shape index (κ2) is 12.8. The smallest absolute Gasteiger partial charge is 0.257 e. The predicted octanol–water partition coefficient (Wildman–Crippen LogP) is 9.66. The molecule has 0 atom stereocenters. The zero-order valence-electron chi connectivity index (χ0n) is 42.8. The maximum Gasteiger partial charge on any atom is 0.257 e. The molecule has 5 aliphatic rings. The normalized spacial score (nSPS) is 15.0. The summed E-state index contributed by atoms with van der Waals surface area (Å²) in [4.78, 5) is 2.80. The van der Waals surface area contributed by atoms with Crippen LogP contribution in [0.2, 0.25) is 0 Å². The molecule has 338 valence electrons. The monoisotopic (exact) mass is 901 g/mol. The van der Waals surface area contributed by atoms with Crippen molar-refractivity contribution in [3.8, 4) is 11.4 Å². The highest BCUT2D eigenvalue weighted by molar-refractivity contribution is 7.08. The third kappa shape index (κ3) is 5.00. The van der Waals surface area contributed by atoms with Crippen molar-refractivity contribution in [1.82, 2.24) is 9.13 Å². The summed E-state index contributed by atoms with van der Waals surface area (Å²) in [5.41, 5.74) is 30.5. The molecule has 0 fully saturated rings. The van der Waals surface area contributed by atoms with Gasteiger partial charge in [-0.05, 0) is 125 Å². The lowest BCUT2D eigenvalue weighted by Crippen LogP contribution is -2.73. The molecule has 0 aliphatic carbocycles. The Morgan fingerprint density at radius 3 is 1.11 bits per heavy atom. The molecule has 70 heavy (non-hydrogen) atoms. The van der Waals surface area contributed by atoms with Crippen molar-refractivity contribution in [2.45, 2.75) is 105 Å². The highest BCUT2D eigenvalue weighted by atomic mass is 15.2. The van der Waals surface area contributed by atoms with Crippen molar-refractivity contribution in [2.24, 2.45) is 0 Å². The minimum atomic E-state index is 0.00995. The third-order valence-electron chi connectivity index (χ3n) is 17.6. The van der Waals surface area contributed by atoms with E-state index in [0.29, 0.717) is 0 Å². The van der Waals surface area contributed by atoms with Gasteiger partial charge in [-0.1, -0.05) is 185 Å². The first-order chi connectivity index (χ1) is 33.3. The summed E-state index contributed by atoms with van der Waals surface area (Å²) in [6, 6.07) is 54.0. The Bertz CT molecular complexity index is 3790. The lowest BCUT2D eigenvalue weighted by atomic mass is 9.25. The van der Waals surface area contributed by atoms with E-state index in [0.717, 1.165) is 0 Å². The van der Waals surface area contributed by atoms with Crippen LogP contribution >= 0.6 is 0 Å². The first kappa shape index (κ1) is 41.2. The molecule has 0 unspecified atom stereocenters. The molecular formula is C64H58B3N3. The van der Waals surface area contributed by atoms with Crippen molar-refractivity contribution >= 4 is 130 Å². The van der Waals surface area contributed by atoms with Crippen molar-refractivity contribution in [3.63, 3.8) is 0 Å². The van der Waals surface area contributed by atoms with E-state index in [4.69, 9.17) is 0 Å². The van der Waals surface area contributed by atoms with Gasteiger partial charge < -0.3 is 14.0 Å². The van der Waals surface area contributed by atoms with Gasteiger partial charge in [0.1, 0.15) is 0 Å². The fourth-order valence-corrected chi connectivity index (χ4v) is 14.0. The van der Waals surface area contributed by atoms with Crippen LogP contribution in [0.15, 0.2) is 133 Å². The molecule has 0 bridgehead atoms. The molecule has 0 spiro atoms. The van der Waals surface area contributed by atoms with Gasteiger partial charge in [0.15, 0.2) is 0 Å². The Balaban J connectivity index is 1.14. The zero-order chi connectivity index (χ0) is 48.0. The van der Waals surface area contributed by atoms with Gasteiger partial charge in [0.2, 0.25) is 13.4 Å². The molecule has 0 amide bonds. The van der Waals surface area contributed by atoms with Gasteiger partial charge in [-0.25, -0.2) is 0 Å². The topological polar surface area (TPSA) is 13.1 Å². The van der Waals surface area contributed by atoms with E-state index >= 15 is 0 Å². The molecule has 5 aliphatic heterocycles. The molecule has 0 saturated heterocycles. The van der Waals surface area contributed by atoms with Crippen LogP contribution in [0.25, 0.3) is 55.0 Å². The number of nitrogens with zero attached hydrogens (tertiary/aromatic N) is 3. The quantitative estimate of drug-likeness (QED) is 0.158. The van der Waals surface area contributed by atoms with E-state index in [1.54, 1.807) is 0 Å². The Morgan fingerprint density at radius 1 is 0.329 bits per heavy atom.